The Bertz CT molecular complexity index is 809. The van der Waals surface area contributed by atoms with Crippen LogP contribution in [0.15, 0.2) is 45.6 Å². The monoisotopic (exact) mass is 341 g/mol. The highest BCUT2D eigenvalue weighted by molar-refractivity contribution is 5.76. The molecule has 0 N–H and O–H groups in total. The van der Waals surface area contributed by atoms with Crippen LogP contribution in [0.4, 0.5) is 0 Å². The SMILES string of the molecule is O=C(Cn1nnc(-c2ccco2)n1)N1CCCCC[C@H]1c1ccco1. The number of carbonyl (C=O) groups is 1. The van der Waals surface area contributed by atoms with Gasteiger partial charge in [0.15, 0.2) is 5.76 Å². The summed E-state index contributed by atoms with van der Waals surface area (Å²) in [6.45, 7) is 0.759. The molecule has 0 aliphatic carbocycles. The first kappa shape index (κ1) is 15.6. The van der Waals surface area contributed by atoms with Crippen molar-refractivity contribution in [2.24, 2.45) is 0 Å². The summed E-state index contributed by atoms with van der Waals surface area (Å²) in [6, 6.07) is 7.27. The van der Waals surface area contributed by atoms with Gasteiger partial charge in [0.1, 0.15) is 12.3 Å². The summed E-state index contributed by atoms with van der Waals surface area (Å²) in [5, 5.41) is 12.1. The smallest absolute Gasteiger partial charge is 0.246 e. The van der Waals surface area contributed by atoms with Crippen molar-refractivity contribution < 1.29 is 13.6 Å². The average Bonchev–Trinajstić information content (AvgIpc) is 3.35. The molecule has 1 atom stereocenters. The second kappa shape index (κ2) is 6.92. The Morgan fingerprint density at radius 3 is 2.84 bits per heavy atom. The maximum atomic E-state index is 12.9. The van der Waals surface area contributed by atoms with Crippen molar-refractivity contribution in [1.29, 1.82) is 0 Å². The van der Waals surface area contributed by atoms with Crippen LogP contribution in [-0.4, -0.2) is 37.6 Å². The van der Waals surface area contributed by atoms with Crippen LogP contribution in [0.1, 0.15) is 37.5 Å². The lowest BCUT2D eigenvalue weighted by Crippen LogP contribution is -2.37. The van der Waals surface area contributed by atoms with E-state index in [1.54, 1.807) is 24.7 Å². The number of aromatic nitrogens is 4. The normalized spacial score (nSPS) is 18.2. The second-order valence-electron chi connectivity index (χ2n) is 6.09. The summed E-state index contributed by atoms with van der Waals surface area (Å²) < 4.78 is 10.8. The van der Waals surface area contributed by atoms with Crippen molar-refractivity contribution in [3.05, 3.63) is 42.6 Å². The molecule has 1 aliphatic heterocycles. The predicted octanol–water partition coefficient (Wildman–Crippen LogP) is 2.67. The van der Waals surface area contributed by atoms with E-state index in [-0.39, 0.29) is 18.5 Å². The highest BCUT2D eigenvalue weighted by atomic mass is 16.3. The molecule has 1 fully saturated rings. The maximum Gasteiger partial charge on any atom is 0.246 e. The molecule has 1 saturated heterocycles. The molecule has 0 spiro atoms. The van der Waals surface area contributed by atoms with Crippen LogP contribution in [0.2, 0.25) is 0 Å². The lowest BCUT2D eigenvalue weighted by atomic mass is 10.1. The zero-order valence-electron chi connectivity index (χ0n) is 13.7. The Labute approximate surface area is 144 Å². The Hall–Kier alpha value is -2.90. The van der Waals surface area contributed by atoms with Gasteiger partial charge in [0.25, 0.3) is 0 Å². The second-order valence-corrected chi connectivity index (χ2v) is 6.09. The van der Waals surface area contributed by atoms with Crippen LogP contribution in [-0.2, 0) is 11.3 Å². The fraction of sp³-hybridized carbons (Fsp3) is 0.412. The first-order valence-electron chi connectivity index (χ1n) is 8.46. The Kier molecular flexibility index (Phi) is 4.32. The van der Waals surface area contributed by atoms with E-state index in [1.165, 1.54) is 4.80 Å². The summed E-state index contributed by atoms with van der Waals surface area (Å²) in [6.07, 6.45) is 7.29. The topological polar surface area (TPSA) is 90.2 Å². The molecule has 8 nitrogen and oxygen atoms in total. The highest BCUT2D eigenvalue weighted by Gasteiger charge is 2.29. The molecule has 1 amide bonds. The number of furan rings is 2. The summed E-state index contributed by atoms with van der Waals surface area (Å²) >= 11 is 0. The van der Waals surface area contributed by atoms with Crippen molar-refractivity contribution in [1.82, 2.24) is 25.1 Å². The molecule has 25 heavy (non-hydrogen) atoms. The maximum absolute atomic E-state index is 12.9. The third-order valence-corrected chi connectivity index (χ3v) is 4.42. The van der Waals surface area contributed by atoms with Gasteiger partial charge in [-0.1, -0.05) is 12.8 Å². The molecule has 0 aromatic carbocycles. The number of carbonyl (C=O) groups excluding carboxylic acids is 1. The lowest BCUT2D eigenvalue weighted by Gasteiger charge is -2.28. The fourth-order valence-electron chi connectivity index (χ4n) is 3.21. The Morgan fingerprint density at radius 1 is 1.16 bits per heavy atom. The van der Waals surface area contributed by atoms with E-state index in [0.29, 0.717) is 18.1 Å². The highest BCUT2D eigenvalue weighted by Crippen LogP contribution is 2.30. The summed E-state index contributed by atoms with van der Waals surface area (Å²) in [5.41, 5.74) is 0. The molecule has 1 aliphatic rings. The molecular weight excluding hydrogens is 322 g/mol. The molecule has 0 unspecified atom stereocenters. The standard InChI is InChI=1S/C17H19N5O3/c23-16(12-22-19-17(18-20-22)15-8-5-11-25-15)21-9-3-1-2-6-13(21)14-7-4-10-24-14/h4-5,7-8,10-11,13H,1-3,6,9,12H2/t13-/m0/s1. The van der Waals surface area contributed by atoms with Gasteiger partial charge < -0.3 is 13.7 Å². The first-order valence-corrected chi connectivity index (χ1v) is 8.46. The molecule has 0 radical (unpaired) electrons. The molecule has 4 rings (SSSR count). The number of tetrazole rings is 1. The van der Waals surface area contributed by atoms with Crippen LogP contribution >= 0.6 is 0 Å². The summed E-state index contributed by atoms with van der Waals surface area (Å²) in [5.74, 6) is 1.70. The van der Waals surface area contributed by atoms with Crippen molar-refractivity contribution in [2.45, 2.75) is 38.3 Å². The minimum atomic E-state index is -0.0355. The van der Waals surface area contributed by atoms with Crippen LogP contribution < -0.4 is 0 Å². The van der Waals surface area contributed by atoms with Crippen molar-refractivity contribution >= 4 is 5.91 Å². The van der Waals surface area contributed by atoms with Crippen LogP contribution in [0, 0.1) is 0 Å². The average molecular weight is 341 g/mol. The fourth-order valence-corrected chi connectivity index (χ4v) is 3.21. The van der Waals surface area contributed by atoms with Crippen LogP contribution in [0.3, 0.4) is 0 Å². The van der Waals surface area contributed by atoms with E-state index >= 15 is 0 Å². The van der Waals surface area contributed by atoms with Gasteiger partial charge in [-0.2, -0.15) is 4.80 Å². The summed E-state index contributed by atoms with van der Waals surface area (Å²) in [4.78, 5) is 16.0. The van der Waals surface area contributed by atoms with E-state index in [0.717, 1.165) is 31.4 Å². The van der Waals surface area contributed by atoms with Gasteiger partial charge in [0.2, 0.25) is 11.7 Å². The van der Waals surface area contributed by atoms with Gasteiger partial charge in [-0.25, -0.2) is 0 Å². The van der Waals surface area contributed by atoms with Crippen molar-refractivity contribution in [2.75, 3.05) is 6.54 Å². The summed E-state index contributed by atoms with van der Waals surface area (Å²) in [7, 11) is 0. The third-order valence-electron chi connectivity index (χ3n) is 4.42. The van der Waals surface area contributed by atoms with Gasteiger partial charge in [0, 0.05) is 6.54 Å². The van der Waals surface area contributed by atoms with E-state index in [4.69, 9.17) is 8.83 Å². The molecule has 0 bridgehead atoms. The zero-order chi connectivity index (χ0) is 17.1. The lowest BCUT2D eigenvalue weighted by molar-refractivity contribution is -0.135. The van der Waals surface area contributed by atoms with Crippen molar-refractivity contribution in [3.8, 4) is 11.6 Å². The van der Waals surface area contributed by atoms with Gasteiger partial charge >= 0.3 is 0 Å². The van der Waals surface area contributed by atoms with Crippen LogP contribution in [0.5, 0.6) is 0 Å². The minimum absolute atomic E-state index is 0.0296. The number of hydrogen-bond donors (Lipinski definition) is 0. The number of rotatable bonds is 4. The van der Waals surface area contributed by atoms with E-state index in [9.17, 15) is 4.79 Å². The Balaban J connectivity index is 1.50. The number of likely N-dealkylation sites (tertiary alicyclic amines) is 1. The zero-order valence-corrected chi connectivity index (χ0v) is 13.7. The predicted molar refractivity (Wildman–Crippen MR) is 87.1 cm³/mol. The molecule has 8 heteroatoms. The third kappa shape index (κ3) is 3.33. The van der Waals surface area contributed by atoms with Crippen molar-refractivity contribution in [3.63, 3.8) is 0 Å². The number of nitrogens with zero attached hydrogens (tertiary/aromatic N) is 5. The van der Waals surface area contributed by atoms with E-state index in [1.807, 2.05) is 17.0 Å². The molecular formula is C17H19N5O3. The molecule has 3 aromatic heterocycles. The van der Waals surface area contributed by atoms with E-state index in [2.05, 4.69) is 15.4 Å². The largest absolute Gasteiger partial charge is 0.467 e. The van der Waals surface area contributed by atoms with E-state index < -0.39 is 0 Å². The molecule has 3 aromatic rings. The van der Waals surface area contributed by atoms with Gasteiger partial charge in [0.05, 0.1) is 18.6 Å². The molecule has 4 heterocycles. The van der Waals surface area contributed by atoms with Crippen LogP contribution in [0.25, 0.3) is 11.6 Å². The van der Waals surface area contributed by atoms with Gasteiger partial charge in [-0.05, 0) is 42.3 Å². The van der Waals surface area contributed by atoms with Gasteiger partial charge in [-0.3, -0.25) is 4.79 Å². The Morgan fingerprint density at radius 2 is 2.04 bits per heavy atom. The number of amides is 1. The quantitative estimate of drug-likeness (QED) is 0.724. The first-order chi connectivity index (χ1) is 12.3. The number of hydrogen-bond acceptors (Lipinski definition) is 6. The minimum Gasteiger partial charge on any atom is -0.467 e. The molecule has 130 valence electrons. The molecule has 0 saturated carbocycles. The van der Waals surface area contributed by atoms with Gasteiger partial charge in [-0.15, -0.1) is 10.2 Å².